The lowest BCUT2D eigenvalue weighted by atomic mass is 9.76. The molecule has 5 aromatic carbocycles. The maximum absolute atomic E-state index is 6.56. The number of anilines is 3. The molecule has 1 fully saturated rings. The molecule has 0 bridgehead atoms. The highest BCUT2D eigenvalue weighted by Gasteiger charge is 2.45. The first-order valence-electron chi connectivity index (χ1n) is 13.6. The Labute approximate surface area is 221 Å². The lowest BCUT2D eigenvalue weighted by Gasteiger charge is -2.38. The van der Waals surface area contributed by atoms with Crippen LogP contribution in [0.4, 0.5) is 17.1 Å². The van der Waals surface area contributed by atoms with Crippen LogP contribution in [0.1, 0.15) is 36.8 Å². The van der Waals surface area contributed by atoms with Crippen LogP contribution in [0, 0.1) is 0 Å². The third-order valence-electron chi connectivity index (χ3n) is 8.98. The van der Waals surface area contributed by atoms with Gasteiger partial charge in [0.05, 0.1) is 11.4 Å². The average molecular weight is 492 g/mol. The summed E-state index contributed by atoms with van der Waals surface area (Å²) < 4.78 is 13.1. The van der Waals surface area contributed by atoms with E-state index in [1.54, 1.807) is 0 Å². The van der Waals surface area contributed by atoms with Crippen LogP contribution in [-0.2, 0) is 5.41 Å². The van der Waals surface area contributed by atoms with Gasteiger partial charge in [-0.3, -0.25) is 4.90 Å². The second-order valence-corrected chi connectivity index (χ2v) is 10.9. The molecule has 0 amide bonds. The molecule has 0 radical (unpaired) electrons. The molecule has 0 atom stereocenters. The Kier molecular flexibility index (Phi) is 3.94. The molecule has 0 N–H and O–H groups in total. The van der Waals surface area contributed by atoms with Gasteiger partial charge in [0.15, 0.2) is 23.0 Å². The Morgan fingerprint density at radius 3 is 1.84 bits per heavy atom. The van der Waals surface area contributed by atoms with Crippen molar-refractivity contribution in [1.29, 1.82) is 0 Å². The molecule has 1 spiro atoms. The normalized spacial score (nSPS) is 16.6. The van der Waals surface area contributed by atoms with Crippen molar-refractivity contribution in [3.8, 4) is 45.3 Å². The number of hydrogen-bond donors (Lipinski definition) is 0. The van der Waals surface area contributed by atoms with Crippen molar-refractivity contribution in [3.63, 3.8) is 0 Å². The van der Waals surface area contributed by atoms with Crippen molar-refractivity contribution in [2.75, 3.05) is 4.90 Å². The van der Waals surface area contributed by atoms with Crippen LogP contribution in [0.3, 0.4) is 0 Å². The number of nitrogens with zero attached hydrogens (tertiary/aromatic N) is 1. The van der Waals surface area contributed by atoms with Gasteiger partial charge in [-0.25, -0.2) is 0 Å². The van der Waals surface area contributed by atoms with E-state index >= 15 is 0 Å². The molecule has 3 heteroatoms. The van der Waals surface area contributed by atoms with Gasteiger partial charge in [0.25, 0.3) is 0 Å². The number of ether oxygens (including phenoxy) is 2. The minimum atomic E-state index is 0.145. The predicted octanol–water partition coefficient (Wildman–Crippen LogP) is 9.88. The Hall–Kier alpha value is -4.50. The molecule has 5 aromatic rings. The van der Waals surface area contributed by atoms with E-state index in [0.29, 0.717) is 0 Å². The Bertz CT molecular complexity index is 1730. The Balaban J connectivity index is 1.30. The van der Waals surface area contributed by atoms with Gasteiger partial charge in [0, 0.05) is 5.41 Å². The zero-order chi connectivity index (χ0) is 24.8. The number of para-hydroxylation sites is 4. The molecule has 2 aliphatic heterocycles. The van der Waals surface area contributed by atoms with E-state index in [1.807, 2.05) is 24.3 Å². The lowest BCUT2D eigenvalue weighted by Crippen LogP contribution is -2.20. The summed E-state index contributed by atoms with van der Waals surface area (Å²) in [6, 6.07) is 36.8. The van der Waals surface area contributed by atoms with Crippen LogP contribution >= 0.6 is 0 Å². The third kappa shape index (κ3) is 2.54. The smallest absolute Gasteiger partial charge is 0.156 e. The largest absolute Gasteiger partial charge is 0.453 e. The van der Waals surface area contributed by atoms with Crippen LogP contribution < -0.4 is 14.4 Å². The lowest BCUT2D eigenvalue weighted by molar-refractivity contribution is 0.446. The van der Waals surface area contributed by atoms with E-state index in [4.69, 9.17) is 9.47 Å². The average Bonchev–Trinajstić information content (AvgIpc) is 3.57. The van der Waals surface area contributed by atoms with E-state index in [9.17, 15) is 0 Å². The van der Waals surface area contributed by atoms with Gasteiger partial charge in [-0.15, -0.1) is 0 Å². The summed E-state index contributed by atoms with van der Waals surface area (Å²) in [6.45, 7) is 0. The van der Waals surface area contributed by atoms with Gasteiger partial charge in [-0.05, 0) is 82.6 Å². The van der Waals surface area contributed by atoms with Gasteiger partial charge in [0.1, 0.15) is 5.69 Å². The molecule has 4 aliphatic rings. The fourth-order valence-corrected chi connectivity index (χ4v) is 7.44. The number of fused-ring (bicyclic) bond motifs is 9. The van der Waals surface area contributed by atoms with E-state index < -0.39 is 0 Å². The van der Waals surface area contributed by atoms with Gasteiger partial charge in [-0.2, -0.15) is 0 Å². The number of hydrogen-bond acceptors (Lipinski definition) is 3. The molecule has 2 aliphatic carbocycles. The first-order chi connectivity index (χ1) is 18.8. The fourth-order valence-electron chi connectivity index (χ4n) is 7.44. The van der Waals surface area contributed by atoms with Crippen molar-refractivity contribution < 1.29 is 9.47 Å². The summed E-state index contributed by atoms with van der Waals surface area (Å²) in [6.07, 6.45) is 5.03. The highest BCUT2D eigenvalue weighted by Crippen LogP contribution is 2.62. The first kappa shape index (κ1) is 20.5. The van der Waals surface area contributed by atoms with Crippen molar-refractivity contribution in [1.82, 2.24) is 0 Å². The van der Waals surface area contributed by atoms with E-state index in [2.05, 4.69) is 83.8 Å². The number of benzene rings is 5. The highest BCUT2D eigenvalue weighted by molar-refractivity contribution is 5.98. The minimum absolute atomic E-state index is 0.145. The topological polar surface area (TPSA) is 21.7 Å². The van der Waals surface area contributed by atoms with Gasteiger partial charge in [0.2, 0.25) is 0 Å². The Morgan fingerprint density at radius 2 is 1.13 bits per heavy atom. The van der Waals surface area contributed by atoms with Gasteiger partial charge < -0.3 is 9.47 Å². The summed E-state index contributed by atoms with van der Waals surface area (Å²) in [4.78, 5) is 2.28. The first-order valence-corrected chi connectivity index (χ1v) is 13.6. The van der Waals surface area contributed by atoms with Crippen LogP contribution in [0.5, 0.6) is 23.0 Å². The van der Waals surface area contributed by atoms with Crippen LogP contribution in [0.15, 0.2) is 103 Å². The van der Waals surface area contributed by atoms with E-state index in [1.165, 1.54) is 53.5 Å². The van der Waals surface area contributed by atoms with E-state index in [-0.39, 0.29) is 5.41 Å². The van der Waals surface area contributed by atoms with E-state index in [0.717, 1.165) is 45.6 Å². The van der Waals surface area contributed by atoms with Crippen molar-refractivity contribution in [2.24, 2.45) is 0 Å². The quantitative estimate of drug-likeness (QED) is 0.228. The SMILES string of the molecule is c1ccc2c(c1)Oc1cc(-c3cccc4c3-c3ccccc3C43CCCC3)cc3c1N2c1ccccc1O3. The summed E-state index contributed by atoms with van der Waals surface area (Å²) in [7, 11) is 0. The molecular formula is C35H25NO2. The Morgan fingerprint density at radius 1 is 0.553 bits per heavy atom. The molecule has 0 aromatic heterocycles. The van der Waals surface area contributed by atoms with Gasteiger partial charge in [-0.1, -0.05) is 79.6 Å². The zero-order valence-electron chi connectivity index (χ0n) is 20.9. The molecule has 2 heterocycles. The molecule has 9 rings (SSSR count). The molecule has 3 nitrogen and oxygen atoms in total. The summed E-state index contributed by atoms with van der Waals surface area (Å²) in [5.74, 6) is 3.36. The summed E-state index contributed by atoms with van der Waals surface area (Å²) >= 11 is 0. The monoisotopic (exact) mass is 491 g/mol. The van der Waals surface area contributed by atoms with Crippen LogP contribution in [0.2, 0.25) is 0 Å². The molecular weight excluding hydrogens is 466 g/mol. The molecule has 0 unspecified atom stereocenters. The molecule has 1 saturated carbocycles. The van der Waals surface area contributed by atoms with Crippen molar-refractivity contribution in [2.45, 2.75) is 31.1 Å². The summed E-state index contributed by atoms with van der Waals surface area (Å²) in [5, 5.41) is 0. The number of rotatable bonds is 1. The predicted molar refractivity (Wildman–Crippen MR) is 151 cm³/mol. The zero-order valence-corrected chi connectivity index (χ0v) is 20.9. The van der Waals surface area contributed by atoms with Crippen molar-refractivity contribution in [3.05, 3.63) is 114 Å². The van der Waals surface area contributed by atoms with Crippen molar-refractivity contribution >= 4 is 17.1 Å². The molecule has 38 heavy (non-hydrogen) atoms. The minimum Gasteiger partial charge on any atom is -0.453 e. The molecule has 182 valence electrons. The van der Waals surface area contributed by atoms with Gasteiger partial charge >= 0.3 is 0 Å². The van der Waals surface area contributed by atoms with Crippen LogP contribution in [0.25, 0.3) is 22.3 Å². The standard InChI is InChI=1S/C35H25NO2/c1-2-12-25-24(10-1)33-23(11-9-13-26(33)35(25)18-7-8-19-35)22-20-31-34-32(21-22)38-30-17-6-4-15-28(30)36(34)27-14-3-5-16-29(27)37-31/h1-6,9-17,20-21H,7-8,18-19H2. The highest BCUT2D eigenvalue weighted by atomic mass is 16.5. The van der Waals surface area contributed by atoms with Crippen LogP contribution in [-0.4, -0.2) is 0 Å². The maximum atomic E-state index is 6.56. The second kappa shape index (κ2) is 7.29. The second-order valence-electron chi connectivity index (χ2n) is 10.9. The maximum Gasteiger partial charge on any atom is 0.156 e. The molecule has 0 saturated heterocycles. The fraction of sp³-hybridized carbons (Fsp3) is 0.143. The summed E-state index contributed by atoms with van der Waals surface area (Å²) in [5.41, 5.74) is 11.3. The third-order valence-corrected chi connectivity index (χ3v) is 8.98.